The standard InChI is InChI=1S/C22H32N2O5/c23-13-5-4-9-17(20(25)24-14-6-10-19(24)22(28)29)15-18(21(26)27)12-11-16-7-2-1-3-8-16/h1-3,7-8,17-19H,4-6,9-15,23H2,(H,26,27)(H,28,29)/t17-,18-,19+/m1/s1. The number of carbonyl (C=O) groups excluding carboxylic acids is 1. The van der Waals surface area contributed by atoms with E-state index in [0.29, 0.717) is 45.2 Å². The van der Waals surface area contributed by atoms with Gasteiger partial charge in [0.1, 0.15) is 6.04 Å². The number of carboxylic acids is 2. The highest BCUT2D eigenvalue weighted by molar-refractivity contribution is 5.86. The van der Waals surface area contributed by atoms with Gasteiger partial charge in [0.05, 0.1) is 5.92 Å². The van der Waals surface area contributed by atoms with Crippen LogP contribution in [0, 0.1) is 11.8 Å². The Labute approximate surface area is 171 Å². The average Bonchev–Trinajstić information content (AvgIpc) is 3.20. The van der Waals surface area contributed by atoms with Crippen LogP contribution >= 0.6 is 0 Å². The number of aliphatic carboxylic acids is 2. The van der Waals surface area contributed by atoms with Crippen molar-refractivity contribution in [2.24, 2.45) is 17.6 Å². The summed E-state index contributed by atoms with van der Waals surface area (Å²) in [6, 6.07) is 8.88. The van der Waals surface area contributed by atoms with E-state index >= 15 is 0 Å². The number of hydrogen-bond acceptors (Lipinski definition) is 4. The van der Waals surface area contributed by atoms with E-state index in [0.717, 1.165) is 18.4 Å². The summed E-state index contributed by atoms with van der Waals surface area (Å²) in [5.74, 6) is -3.26. The second-order valence-electron chi connectivity index (χ2n) is 7.80. The summed E-state index contributed by atoms with van der Waals surface area (Å²) in [5.41, 5.74) is 6.63. The Bertz CT molecular complexity index is 679. The lowest BCUT2D eigenvalue weighted by molar-refractivity contribution is -0.151. The number of hydrogen-bond donors (Lipinski definition) is 3. The minimum Gasteiger partial charge on any atom is -0.481 e. The lowest BCUT2D eigenvalue weighted by Crippen LogP contribution is -2.44. The fourth-order valence-electron chi connectivity index (χ4n) is 4.07. The summed E-state index contributed by atoms with van der Waals surface area (Å²) >= 11 is 0. The summed E-state index contributed by atoms with van der Waals surface area (Å²) < 4.78 is 0. The smallest absolute Gasteiger partial charge is 0.326 e. The van der Waals surface area contributed by atoms with Gasteiger partial charge < -0.3 is 20.8 Å². The second kappa shape index (κ2) is 11.6. The van der Waals surface area contributed by atoms with Gasteiger partial charge in [0, 0.05) is 12.5 Å². The Balaban J connectivity index is 2.08. The van der Waals surface area contributed by atoms with Crippen molar-refractivity contribution in [2.45, 2.75) is 57.4 Å². The first-order valence-corrected chi connectivity index (χ1v) is 10.4. The maximum atomic E-state index is 13.1. The summed E-state index contributed by atoms with van der Waals surface area (Å²) in [6.45, 7) is 0.934. The predicted octanol–water partition coefficient (Wildman–Crippen LogP) is 2.53. The van der Waals surface area contributed by atoms with E-state index in [-0.39, 0.29) is 12.3 Å². The van der Waals surface area contributed by atoms with Crippen LogP contribution in [0.4, 0.5) is 0 Å². The largest absolute Gasteiger partial charge is 0.481 e. The Hall–Kier alpha value is -2.41. The van der Waals surface area contributed by atoms with Crippen LogP contribution in [-0.2, 0) is 20.8 Å². The van der Waals surface area contributed by atoms with E-state index in [1.165, 1.54) is 4.90 Å². The lowest BCUT2D eigenvalue weighted by Gasteiger charge is -2.28. The van der Waals surface area contributed by atoms with Crippen LogP contribution in [-0.4, -0.2) is 52.1 Å². The van der Waals surface area contributed by atoms with E-state index in [1.54, 1.807) is 0 Å². The van der Waals surface area contributed by atoms with Gasteiger partial charge >= 0.3 is 11.9 Å². The highest BCUT2D eigenvalue weighted by Crippen LogP contribution is 2.28. The Morgan fingerprint density at radius 3 is 2.41 bits per heavy atom. The van der Waals surface area contributed by atoms with E-state index in [9.17, 15) is 24.6 Å². The van der Waals surface area contributed by atoms with Crippen LogP contribution in [0.25, 0.3) is 0 Å². The molecule has 0 aromatic heterocycles. The zero-order valence-corrected chi connectivity index (χ0v) is 16.8. The van der Waals surface area contributed by atoms with Gasteiger partial charge in [-0.25, -0.2) is 4.79 Å². The number of carbonyl (C=O) groups is 3. The van der Waals surface area contributed by atoms with Gasteiger partial charge in [0.2, 0.25) is 5.91 Å². The van der Waals surface area contributed by atoms with E-state index in [2.05, 4.69) is 0 Å². The molecule has 0 unspecified atom stereocenters. The summed E-state index contributed by atoms with van der Waals surface area (Å²) in [7, 11) is 0. The molecule has 29 heavy (non-hydrogen) atoms. The molecule has 2 rings (SSSR count). The zero-order valence-electron chi connectivity index (χ0n) is 16.8. The van der Waals surface area contributed by atoms with Crippen LogP contribution in [0.2, 0.25) is 0 Å². The molecule has 1 aromatic carbocycles. The van der Waals surface area contributed by atoms with Crippen LogP contribution in [0.5, 0.6) is 0 Å². The molecule has 7 heteroatoms. The number of rotatable bonds is 12. The Kier molecular flexibility index (Phi) is 9.12. The van der Waals surface area contributed by atoms with Crippen LogP contribution in [0.3, 0.4) is 0 Å². The highest BCUT2D eigenvalue weighted by Gasteiger charge is 2.38. The van der Waals surface area contributed by atoms with Gasteiger partial charge in [-0.1, -0.05) is 36.8 Å². The number of nitrogens with zero attached hydrogens (tertiary/aromatic N) is 1. The maximum Gasteiger partial charge on any atom is 0.326 e. The maximum absolute atomic E-state index is 13.1. The van der Waals surface area contributed by atoms with Crippen LogP contribution in [0.1, 0.15) is 50.5 Å². The third kappa shape index (κ3) is 6.85. The molecule has 1 saturated heterocycles. The van der Waals surface area contributed by atoms with Gasteiger partial charge in [-0.2, -0.15) is 0 Å². The van der Waals surface area contributed by atoms with Crippen molar-refractivity contribution < 1.29 is 24.6 Å². The molecule has 4 N–H and O–H groups in total. The normalized spacial score (nSPS) is 18.4. The van der Waals surface area contributed by atoms with Crippen molar-refractivity contribution in [3.8, 4) is 0 Å². The number of unbranched alkanes of at least 4 members (excludes halogenated alkanes) is 1. The molecule has 0 aliphatic carbocycles. The first-order chi connectivity index (χ1) is 13.9. The summed E-state index contributed by atoms with van der Waals surface area (Å²) in [6.07, 6.45) is 4.44. The van der Waals surface area contributed by atoms with E-state index < -0.39 is 29.8 Å². The number of aryl methyl sites for hydroxylation is 1. The van der Waals surface area contributed by atoms with Crippen molar-refractivity contribution in [1.82, 2.24) is 4.90 Å². The second-order valence-corrected chi connectivity index (χ2v) is 7.80. The topological polar surface area (TPSA) is 121 Å². The molecule has 1 heterocycles. The fourth-order valence-corrected chi connectivity index (χ4v) is 4.07. The number of nitrogens with two attached hydrogens (primary N) is 1. The van der Waals surface area contributed by atoms with Crippen LogP contribution in [0.15, 0.2) is 30.3 Å². The SMILES string of the molecule is NCCCC[C@H](C[C@@H](CCc1ccccc1)C(=O)O)C(=O)N1CCC[C@H]1C(=O)O. The summed E-state index contributed by atoms with van der Waals surface area (Å²) in [4.78, 5) is 37.9. The van der Waals surface area contributed by atoms with Gasteiger partial charge in [0.25, 0.3) is 0 Å². The lowest BCUT2D eigenvalue weighted by atomic mass is 9.86. The van der Waals surface area contributed by atoms with Gasteiger partial charge in [-0.15, -0.1) is 0 Å². The summed E-state index contributed by atoms with van der Waals surface area (Å²) in [5, 5.41) is 19.1. The monoisotopic (exact) mass is 404 g/mol. The molecule has 160 valence electrons. The van der Waals surface area contributed by atoms with Crippen molar-refractivity contribution in [1.29, 1.82) is 0 Å². The molecule has 0 spiro atoms. The molecule has 1 aromatic rings. The zero-order chi connectivity index (χ0) is 21.2. The number of likely N-dealkylation sites (tertiary alicyclic amines) is 1. The third-order valence-electron chi connectivity index (χ3n) is 5.72. The number of amides is 1. The van der Waals surface area contributed by atoms with Crippen LogP contribution < -0.4 is 5.73 Å². The van der Waals surface area contributed by atoms with E-state index in [1.807, 2.05) is 30.3 Å². The highest BCUT2D eigenvalue weighted by atomic mass is 16.4. The first-order valence-electron chi connectivity index (χ1n) is 10.4. The first kappa shape index (κ1) is 22.9. The molecule has 1 fully saturated rings. The molecule has 0 bridgehead atoms. The van der Waals surface area contributed by atoms with Crippen molar-refractivity contribution >= 4 is 17.8 Å². The molecule has 0 saturated carbocycles. The van der Waals surface area contributed by atoms with Gasteiger partial charge in [0.15, 0.2) is 0 Å². The van der Waals surface area contributed by atoms with Crippen molar-refractivity contribution in [2.75, 3.05) is 13.1 Å². The predicted molar refractivity (Wildman–Crippen MR) is 109 cm³/mol. The minimum absolute atomic E-state index is 0.224. The average molecular weight is 405 g/mol. The Morgan fingerprint density at radius 1 is 1.07 bits per heavy atom. The molecule has 1 aliphatic rings. The molecule has 1 amide bonds. The number of carboxylic acid groups (broad SMARTS) is 2. The van der Waals surface area contributed by atoms with Gasteiger partial charge in [-0.05, 0) is 57.1 Å². The third-order valence-corrected chi connectivity index (χ3v) is 5.72. The molecular weight excluding hydrogens is 372 g/mol. The van der Waals surface area contributed by atoms with Gasteiger partial charge in [-0.3, -0.25) is 9.59 Å². The minimum atomic E-state index is -0.990. The quantitative estimate of drug-likeness (QED) is 0.460. The molecule has 7 nitrogen and oxygen atoms in total. The fraction of sp³-hybridized carbons (Fsp3) is 0.591. The molecular formula is C22H32N2O5. The van der Waals surface area contributed by atoms with Crippen molar-refractivity contribution in [3.63, 3.8) is 0 Å². The molecule has 0 radical (unpaired) electrons. The molecule has 3 atom stereocenters. The molecule has 1 aliphatic heterocycles. The van der Waals surface area contributed by atoms with Crippen molar-refractivity contribution in [3.05, 3.63) is 35.9 Å². The van der Waals surface area contributed by atoms with E-state index in [4.69, 9.17) is 5.73 Å². The Morgan fingerprint density at radius 2 is 1.79 bits per heavy atom. The number of benzene rings is 1.